The molecular weight excluding hydrogens is 430 g/mol. The van der Waals surface area contributed by atoms with Gasteiger partial charge in [-0.1, -0.05) is 24.3 Å². The summed E-state index contributed by atoms with van der Waals surface area (Å²) < 4.78 is 5.95. The zero-order chi connectivity index (χ0) is 24.1. The third-order valence-corrected chi connectivity index (χ3v) is 6.23. The van der Waals surface area contributed by atoms with E-state index in [9.17, 15) is 10.2 Å². The first kappa shape index (κ1) is 24.0. The molecule has 4 rings (SSSR count). The number of aliphatic hydroxyl groups excluding tert-OH is 1. The molecule has 182 valence electrons. The number of rotatable bonds is 10. The molecule has 0 amide bonds. The van der Waals surface area contributed by atoms with Crippen LogP contribution in [0.2, 0.25) is 0 Å². The van der Waals surface area contributed by atoms with Crippen molar-refractivity contribution in [2.24, 2.45) is 0 Å². The van der Waals surface area contributed by atoms with E-state index in [4.69, 9.17) is 14.7 Å². The summed E-state index contributed by atoms with van der Waals surface area (Å²) in [6, 6.07) is 12.2. The molecule has 1 aliphatic heterocycles. The molecule has 0 spiro atoms. The monoisotopic (exact) mass is 465 g/mol. The second-order valence-corrected chi connectivity index (χ2v) is 8.92. The lowest BCUT2D eigenvalue weighted by molar-refractivity contribution is 0.244. The van der Waals surface area contributed by atoms with Crippen molar-refractivity contribution in [2.75, 3.05) is 63.3 Å². The Labute approximate surface area is 201 Å². The van der Waals surface area contributed by atoms with Gasteiger partial charge in [-0.3, -0.25) is 0 Å². The predicted octanol–water partition coefficient (Wildman–Crippen LogP) is 3.05. The summed E-state index contributed by atoms with van der Waals surface area (Å²) in [7, 11) is 4.02. The standard InChI is InChI=1S/C26H35N5O3/c1-4-30(11-7-14-32)25-22-10-12-31(18-23(22)27-26(28-25)34-15-13-29(2)3)24-17-20(33)16-19-8-5-6-9-21(19)24/h5-6,8-9,16-17,32-33H,4,7,10-15,18H2,1-3H3. The van der Waals surface area contributed by atoms with E-state index in [0.29, 0.717) is 25.6 Å². The minimum absolute atomic E-state index is 0.147. The summed E-state index contributed by atoms with van der Waals surface area (Å²) in [5.74, 6) is 1.16. The van der Waals surface area contributed by atoms with Gasteiger partial charge in [0.05, 0.1) is 12.2 Å². The minimum atomic E-state index is 0.147. The molecule has 0 aliphatic carbocycles. The molecule has 0 radical (unpaired) electrons. The van der Waals surface area contributed by atoms with Crippen molar-refractivity contribution >= 4 is 22.3 Å². The number of phenols is 1. The first-order valence-corrected chi connectivity index (χ1v) is 12.0. The maximum Gasteiger partial charge on any atom is 0.318 e. The Morgan fingerprint density at radius 1 is 1.12 bits per heavy atom. The Bertz CT molecular complexity index is 1120. The molecule has 3 aromatic rings. The molecule has 2 N–H and O–H groups in total. The average Bonchev–Trinajstić information content (AvgIpc) is 2.83. The first-order chi connectivity index (χ1) is 16.5. The van der Waals surface area contributed by atoms with Gasteiger partial charge in [-0.15, -0.1) is 0 Å². The molecule has 0 saturated heterocycles. The number of anilines is 2. The van der Waals surface area contributed by atoms with Crippen LogP contribution < -0.4 is 14.5 Å². The number of aromatic hydroxyl groups is 1. The van der Waals surface area contributed by atoms with Crippen LogP contribution in [0.3, 0.4) is 0 Å². The van der Waals surface area contributed by atoms with Crippen LogP contribution in [0, 0.1) is 0 Å². The van der Waals surface area contributed by atoms with Gasteiger partial charge in [-0.05, 0) is 45.3 Å². The van der Waals surface area contributed by atoms with Gasteiger partial charge in [-0.25, -0.2) is 0 Å². The van der Waals surface area contributed by atoms with Crippen LogP contribution in [0.5, 0.6) is 11.8 Å². The number of benzene rings is 2. The van der Waals surface area contributed by atoms with E-state index in [2.05, 4.69) is 27.7 Å². The van der Waals surface area contributed by atoms with E-state index in [-0.39, 0.29) is 12.4 Å². The molecule has 0 unspecified atom stereocenters. The number of likely N-dealkylation sites (N-methyl/N-ethyl adjacent to an activating group) is 1. The molecule has 0 saturated carbocycles. The zero-order valence-corrected chi connectivity index (χ0v) is 20.4. The molecule has 2 aromatic carbocycles. The Morgan fingerprint density at radius 3 is 2.71 bits per heavy atom. The minimum Gasteiger partial charge on any atom is -0.508 e. The summed E-state index contributed by atoms with van der Waals surface area (Å²) in [5, 5.41) is 21.8. The Hall–Kier alpha value is -3.10. The third-order valence-electron chi connectivity index (χ3n) is 6.23. The van der Waals surface area contributed by atoms with E-state index in [1.165, 1.54) is 0 Å². The van der Waals surface area contributed by atoms with Gasteiger partial charge in [0.15, 0.2) is 0 Å². The summed E-state index contributed by atoms with van der Waals surface area (Å²) in [4.78, 5) is 16.2. The van der Waals surface area contributed by atoms with Crippen molar-refractivity contribution < 1.29 is 14.9 Å². The molecular formula is C26H35N5O3. The van der Waals surface area contributed by atoms with Crippen molar-refractivity contribution in [3.05, 3.63) is 47.7 Å². The van der Waals surface area contributed by atoms with Gasteiger partial charge in [0.1, 0.15) is 18.2 Å². The van der Waals surface area contributed by atoms with Crippen LogP contribution in [0.4, 0.5) is 11.5 Å². The molecule has 0 bridgehead atoms. The SMILES string of the molecule is CCN(CCCO)c1nc(OCCN(C)C)nc2c1CCN(c1cc(O)cc3ccccc13)C2. The van der Waals surface area contributed by atoms with Gasteiger partial charge in [0.2, 0.25) is 0 Å². The second-order valence-electron chi connectivity index (χ2n) is 8.92. The van der Waals surface area contributed by atoms with Crippen LogP contribution in [0.15, 0.2) is 36.4 Å². The lowest BCUT2D eigenvalue weighted by Crippen LogP contribution is -2.35. The van der Waals surface area contributed by atoms with E-state index < -0.39 is 0 Å². The smallest absolute Gasteiger partial charge is 0.318 e. The quantitative estimate of drug-likeness (QED) is 0.473. The molecule has 1 aromatic heterocycles. The maximum absolute atomic E-state index is 10.4. The summed E-state index contributed by atoms with van der Waals surface area (Å²) >= 11 is 0. The lowest BCUT2D eigenvalue weighted by atomic mass is 10.0. The third kappa shape index (κ3) is 5.34. The molecule has 8 nitrogen and oxygen atoms in total. The second kappa shape index (κ2) is 10.9. The number of aromatic nitrogens is 2. The number of aliphatic hydroxyl groups is 1. The van der Waals surface area contributed by atoms with E-state index >= 15 is 0 Å². The normalized spacial score (nSPS) is 13.4. The highest BCUT2D eigenvalue weighted by molar-refractivity contribution is 5.95. The van der Waals surface area contributed by atoms with Crippen molar-refractivity contribution in [1.82, 2.24) is 14.9 Å². The molecule has 34 heavy (non-hydrogen) atoms. The van der Waals surface area contributed by atoms with Crippen LogP contribution in [-0.2, 0) is 13.0 Å². The average molecular weight is 466 g/mol. The van der Waals surface area contributed by atoms with Crippen LogP contribution in [0.25, 0.3) is 10.8 Å². The van der Waals surface area contributed by atoms with Crippen LogP contribution >= 0.6 is 0 Å². The number of hydrogen-bond donors (Lipinski definition) is 2. The summed E-state index contributed by atoms with van der Waals surface area (Å²) in [6.07, 6.45) is 1.48. The number of fused-ring (bicyclic) bond motifs is 2. The van der Waals surface area contributed by atoms with Gasteiger partial charge >= 0.3 is 6.01 Å². The fourth-order valence-electron chi connectivity index (χ4n) is 4.45. The van der Waals surface area contributed by atoms with Crippen molar-refractivity contribution in [1.29, 1.82) is 0 Å². The Balaban J connectivity index is 1.70. The maximum atomic E-state index is 10.4. The van der Waals surface area contributed by atoms with E-state index in [1.807, 2.05) is 38.4 Å². The van der Waals surface area contributed by atoms with Crippen LogP contribution in [0.1, 0.15) is 24.6 Å². The highest BCUT2D eigenvalue weighted by atomic mass is 16.5. The summed E-state index contributed by atoms with van der Waals surface area (Å²) in [6.45, 7) is 6.47. The fraction of sp³-hybridized carbons (Fsp3) is 0.462. The van der Waals surface area contributed by atoms with Gasteiger partial charge in [-0.2, -0.15) is 9.97 Å². The van der Waals surface area contributed by atoms with Gasteiger partial charge < -0.3 is 29.6 Å². The largest absolute Gasteiger partial charge is 0.508 e. The number of phenolic OH excluding ortho intramolecular Hbond substituents is 1. The van der Waals surface area contributed by atoms with Gasteiger partial charge in [0, 0.05) is 55.5 Å². The van der Waals surface area contributed by atoms with Gasteiger partial charge in [0.25, 0.3) is 0 Å². The highest BCUT2D eigenvalue weighted by Crippen LogP contribution is 2.36. The topological polar surface area (TPSA) is 85.2 Å². The number of hydrogen-bond acceptors (Lipinski definition) is 8. The fourth-order valence-corrected chi connectivity index (χ4v) is 4.45. The molecule has 1 aliphatic rings. The number of nitrogens with zero attached hydrogens (tertiary/aromatic N) is 5. The molecule has 0 fully saturated rings. The van der Waals surface area contributed by atoms with Crippen molar-refractivity contribution in [3.8, 4) is 11.8 Å². The van der Waals surface area contributed by atoms with Crippen molar-refractivity contribution in [2.45, 2.75) is 26.3 Å². The van der Waals surface area contributed by atoms with E-state index in [0.717, 1.165) is 66.1 Å². The lowest BCUT2D eigenvalue weighted by Gasteiger charge is -2.34. The molecule has 0 atom stereocenters. The number of ether oxygens (including phenoxy) is 1. The Morgan fingerprint density at radius 2 is 1.94 bits per heavy atom. The first-order valence-electron chi connectivity index (χ1n) is 12.0. The Kier molecular flexibility index (Phi) is 7.70. The molecule has 8 heteroatoms. The summed E-state index contributed by atoms with van der Waals surface area (Å²) in [5.41, 5.74) is 3.09. The zero-order valence-electron chi connectivity index (χ0n) is 20.4. The molecule has 2 heterocycles. The van der Waals surface area contributed by atoms with E-state index in [1.54, 1.807) is 6.07 Å². The predicted molar refractivity (Wildman–Crippen MR) is 136 cm³/mol. The van der Waals surface area contributed by atoms with Crippen molar-refractivity contribution in [3.63, 3.8) is 0 Å². The highest BCUT2D eigenvalue weighted by Gasteiger charge is 2.26. The van der Waals surface area contributed by atoms with Crippen LogP contribution in [-0.4, -0.2) is 78.6 Å².